The minimum absolute atomic E-state index is 0.167. The van der Waals surface area contributed by atoms with Gasteiger partial charge in [0.15, 0.2) is 5.13 Å². The lowest BCUT2D eigenvalue weighted by molar-refractivity contribution is -0.115. The molecule has 0 saturated carbocycles. The molecule has 0 atom stereocenters. The number of rotatable bonds is 5. The minimum atomic E-state index is -0.486. The lowest BCUT2D eigenvalue weighted by Crippen LogP contribution is -2.23. The molecule has 0 spiro atoms. The van der Waals surface area contributed by atoms with Gasteiger partial charge in [0.1, 0.15) is 5.82 Å². The number of halogens is 1. The number of aromatic nitrogens is 2. The highest BCUT2D eigenvalue weighted by molar-refractivity contribution is 7.22. The van der Waals surface area contributed by atoms with E-state index < -0.39 is 5.82 Å². The van der Waals surface area contributed by atoms with E-state index in [1.807, 2.05) is 24.3 Å². The van der Waals surface area contributed by atoms with Crippen LogP contribution in [-0.2, 0) is 4.79 Å². The van der Waals surface area contributed by atoms with E-state index >= 15 is 0 Å². The van der Waals surface area contributed by atoms with Crippen molar-refractivity contribution >= 4 is 61.0 Å². The second kappa shape index (κ2) is 7.83. The summed E-state index contributed by atoms with van der Waals surface area (Å²) < 4.78 is 15.2. The second-order valence-corrected chi connectivity index (χ2v) is 7.58. The topological polar surface area (TPSA) is 70.5 Å². The number of hydrazone groups is 1. The highest BCUT2D eigenvalue weighted by Crippen LogP contribution is 2.30. The molecule has 0 fully saturated rings. The third kappa shape index (κ3) is 3.75. The van der Waals surface area contributed by atoms with E-state index in [1.165, 1.54) is 46.8 Å². The van der Waals surface area contributed by atoms with Gasteiger partial charge in [-0.1, -0.05) is 35.6 Å². The van der Waals surface area contributed by atoms with Gasteiger partial charge in [0.2, 0.25) is 11.0 Å². The maximum absolute atomic E-state index is 14.1. The van der Waals surface area contributed by atoms with Crippen molar-refractivity contribution < 1.29 is 9.18 Å². The molecule has 1 amide bonds. The van der Waals surface area contributed by atoms with Gasteiger partial charge in [-0.25, -0.2) is 14.4 Å². The van der Waals surface area contributed by atoms with Crippen molar-refractivity contribution in [3.8, 4) is 0 Å². The van der Waals surface area contributed by atoms with E-state index in [0.717, 1.165) is 10.2 Å². The van der Waals surface area contributed by atoms with Gasteiger partial charge in [0.25, 0.3) is 0 Å². The second-order valence-electron chi connectivity index (χ2n) is 5.72. The Morgan fingerprint density at radius 2 is 1.96 bits per heavy atom. The van der Waals surface area contributed by atoms with Crippen LogP contribution in [0, 0.1) is 5.82 Å². The molecule has 6 nitrogen and oxygen atoms in total. The maximum atomic E-state index is 14.1. The van der Waals surface area contributed by atoms with Gasteiger partial charge in [-0.2, -0.15) is 5.10 Å². The monoisotopic (exact) mass is 411 g/mol. The van der Waals surface area contributed by atoms with Crippen LogP contribution in [0.2, 0.25) is 0 Å². The standard InChI is InChI=1S/C19H14FN5OS2/c1-12(26)25(16-8-4-2-6-14(16)20)19-22-13(11-27-19)10-21-24-18-23-15-7-3-5-9-17(15)28-18/h2-11H,1H3,(H,23,24)/b21-10-. The fourth-order valence-corrected chi connectivity index (χ4v) is 4.20. The summed E-state index contributed by atoms with van der Waals surface area (Å²) in [6, 6.07) is 13.9. The number of hydrogen-bond donors (Lipinski definition) is 1. The minimum Gasteiger partial charge on any atom is -0.274 e. The number of fused-ring (bicyclic) bond motifs is 1. The fraction of sp³-hybridized carbons (Fsp3) is 0.0526. The normalized spacial score (nSPS) is 11.2. The van der Waals surface area contributed by atoms with E-state index in [0.29, 0.717) is 16.0 Å². The van der Waals surface area contributed by atoms with E-state index in [1.54, 1.807) is 23.6 Å². The predicted molar refractivity (Wildman–Crippen MR) is 112 cm³/mol. The first-order valence-electron chi connectivity index (χ1n) is 8.27. The van der Waals surface area contributed by atoms with Crippen LogP contribution in [0.3, 0.4) is 0 Å². The van der Waals surface area contributed by atoms with Crippen molar-refractivity contribution in [1.82, 2.24) is 9.97 Å². The summed E-state index contributed by atoms with van der Waals surface area (Å²) in [4.78, 5) is 22.1. The molecule has 4 rings (SSSR count). The lowest BCUT2D eigenvalue weighted by atomic mass is 10.3. The zero-order valence-corrected chi connectivity index (χ0v) is 16.3. The Morgan fingerprint density at radius 3 is 2.75 bits per heavy atom. The van der Waals surface area contributed by atoms with Gasteiger partial charge in [0, 0.05) is 12.3 Å². The zero-order valence-electron chi connectivity index (χ0n) is 14.7. The molecule has 28 heavy (non-hydrogen) atoms. The molecule has 0 aliphatic carbocycles. The molecule has 0 saturated heterocycles. The van der Waals surface area contributed by atoms with Crippen LogP contribution >= 0.6 is 22.7 Å². The Bertz CT molecular complexity index is 1140. The number of carbonyl (C=O) groups is 1. The van der Waals surface area contributed by atoms with Crippen LogP contribution in [-0.4, -0.2) is 22.1 Å². The Balaban J connectivity index is 1.52. The summed E-state index contributed by atoms with van der Waals surface area (Å²) >= 11 is 2.73. The smallest absolute Gasteiger partial charge is 0.230 e. The SMILES string of the molecule is CC(=O)N(c1nc(/C=N\Nc2nc3ccccc3s2)cs1)c1ccccc1F. The summed E-state index contributed by atoms with van der Waals surface area (Å²) in [5.41, 5.74) is 4.51. The number of nitrogens with one attached hydrogen (secondary N) is 1. The van der Waals surface area contributed by atoms with Crippen molar-refractivity contribution in [3.63, 3.8) is 0 Å². The van der Waals surface area contributed by atoms with Crippen molar-refractivity contribution in [3.05, 3.63) is 65.4 Å². The fourth-order valence-electron chi connectivity index (χ4n) is 2.55. The number of anilines is 3. The van der Waals surface area contributed by atoms with Crippen LogP contribution in [0.15, 0.2) is 59.0 Å². The van der Waals surface area contributed by atoms with E-state index in [-0.39, 0.29) is 11.6 Å². The summed E-state index contributed by atoms with van der Waals surface area (Å²) in [5.74, 6) is -0.809. The van der Waals surface area contributed by atoms with Crippen molar-refractivity contribution in [2.75, 3.05) is 10.3 Å². The van der Waals surface area contributed by atoms with E-state index in [9.17, 15) is 9.18 Å². The number of benzene rings is 2. The zero-order chi connectivity index (χ0) is 19.5. The number of thiazole rings is 2. The van der Waals surface area contributed by atoms with Crippen molar-refractivity contribution in [2.24, 2.45) is 5.10 Å². The molecule has 2 aromatic heterocycles. The average Bonchev–Trinajstić information content (AvgIpc) is 3.30. The third-order valence-electron chi connectivity index (χ3n) is 3.76. The van der Waals surface area contributed by atoms with Gasteiger partial charge in [-0.05, 0) is 24.3 Å². The van der Waals surface area contributed by atoms with E-state index in [2.05, 4.69) is 20.5 Å². The van der Waals surface area contributed by atoms with Crippen LogP contribution < -0.4 is 10.3 Å². The van der Waals surface area contributed by atoms with Gasteiger partial charge in [-0.15, -0.1) is 11.3 Å². The molecule has 0 bridgehead atoms. The molecule has 0 aliphatic heterocycles. The number of carbonyl (C=O) groups excluding carboxylic acids is 1. The molecule has 1 N–H and O–H groups in total. The molecular weight excluding hydrogens is 397 g/mol. The lowest BCUT2D eigenvalue weighted by Gasteiger charge is -2.18. The molecule has 4 aromatic rings. The quantitative estimate of drug-likeness (QED) is 0.370. The van der Waals surface area contributed by atoms with Gasteiger partial charge < -0.3 is 0 Å². The maximum Gasteiger partial charge on any atom is 0.230 e. The third-order valence-corrected chi connectivity index (χ3v) is 5.55. The molecule has 2 heterocycles. The average molecular weight is 411 g/mol. The number of nitrogens with zero attached hydrogens (tertiary/aromatic N) is 4. The Kier molecular flexibility index (Phi) is 5.09. The van der Waals surface area contributed by atoms with Crippen LogP contribution in [0.1, 0.15) is 12.6 Å². The van der Waals surface area contributed by atoms with Gasteiger partial charge >= 0.3 is 0 Å². The molecular formula is C19H14FN5OS2. The first-order valence-corrected chi connectivity index (χ1v) is 9.97. The van der Waals surface area contributed by atoms with Crippen molar-refractivity contribution in [1.29, 1.82) is 0 Å². The Morgan fingerprint density at radius 1 is 1.18 bits per heavy atom. The molecule has 0 unspecified atom stereocenters. The molecule has 0 aliphatic rings. The highest BCUT2D eigenvalue weighted by atomic mass is 32.1. The summed E-state index contributed by atoms with van der Waals surface area (Å²) in [6.07, 6.45) is 1.53. The summed E-state index contributed by atoms with van der Waals surface area (Å²) in [7, 11) is 0. The number of hydrogen-bond acceptors (Lipinski definition) is 7. The Hall–Kier alpha value is -3.17. The highest BCUT2D eigenvalue weighted by Gasteiger charge is 2.20. The predicted octanol–water partition coefficient (Wildman–Crippen LogP) is 5.02. The molecule has 2 aromatic carbocycles. The van der Waals surface area contributed by atoms with Gasteiger partial charge in [-0.3, -0.25) is 15.1 Å². The van der Waals surface area contributed by atoms with Gasteiger partial charge in [0.05, 0.1) is 27.8 Å². The Labute approximate surface area is 168 Å². The molecule has 0 radical (unpaired) electrons. The molecule has 140 valence electrons. The summed E-state index contributed by atoms with van der Waals surface area (Å²) in [5, 5.41) is 6.95. The molecule has 9 heteroatoms. The summed E-state index contributed by atoms with van der Waals surface area (Å²) in [6.45, 7) is 1.37. The van der Waals surface area contributed by atoms with Crippen LogP contribution in [0.25, 0.3) is 10.2 Å². The van der Waals surface area contributed by atoms with Crippen molar-refractivity contribution in [2.45, 2.75) is 6.92 Å². The number of amides is 1. The first-order chi connectivity index (χ1) is 13.6. The first kappa shape index (κ1) is 18.2. The van der Waals surface area contributed by atoms with Crippen LogP contribution in [0.4, 0.5) is 20.3 Å². The largest absolute Gasteiger partial charge is 0.274 e. The van der Waals surface area contributed by atoms with E-state index in [4.69, 9.17) is 0 Å². The number of para-hydroxylation sites is 2. The van der Waals surface area contributed by atoms with Crippen LogP contribution in [0.5, 0.6) is 0 Å².